The summed E-state index contributed by atoms with van der Waals surface area (Å²) in [5.74, 6) is 1.15. The quantitative estimate of drug-likeness (QED) is 0.730. The van der Waals surface area contributed by atoms with Gasteiger partial charge in [-0.2, -0.15) is 0 Å². The van der Waals surface area contributed by atoms with Crippen LogP contribution < -0.4 is 0 Å². The fraction of sp³-hybridized carbons (Fsp3) is 0.100. The average molecular weight is 245 g/mol. The monoisotopic (exact) mass is 243 g/mol. The smallest absolute Gasteiger partial charge is 0.0548 e. The Balaban J connectivity index is 3.04. The van der Waals surface area contributed by atoms with Crippen molar-refractivity contribution < 1.29 is 0 Å². The molecule has 1 aromatic rings. The predicted molar refractivity (Wildman–Crippen MR) is 57.4 cm³/mol. The van der Waals surface area contributed by atoms with E-state index in [0.717, 1.165) is 21.0 Å². The molecule has 0 heterocycles. The molecule has 1 radical (unpaired) electrons. The van der Waals surface area contributed by atoms with E-state index in [0.29, 0.717) is 0 Å². The van der Waals surface area contributed by atoms with Crippen LogP contribution in [0.15, 0.2) is 35.3 Å². The molecule has 0 aliphatic carbocycles. The van der Waals surface area contributed by atoms with Gasteiger partial charge in [0.1, 0.15) is 0 Å². The molecule has 0 fully saturated rings. The second-order valence-corrected chi connectivity index (χ2v) is 3.78. The molecule has 1 aromatic carbocycles. The number of halogens is 2. The standard InChI is InChI=1S/C10H9BrCl/c1-3-7(2)8-4-5-10(12)9(11)6-8/h3-6H,1H2,2H3. The van der Waals surface area contributed by atoms with E-state index in [9.17, 15) is 0 Å². The highest BCUT2D eigenvalue weighted by Crippen LogP contribution is 2.26. The predicted octanol–water partition coefficient (Wildman–Crippen LogP) is 4.23. The lowest BCUT2D eigenvalue weighted by molar-refractivity contribution is 1.25. The summed E-state index contributed by atoms with van der Waals surface area (Å²) in [6, 6.07) is 5.83. The van der Waals surface area contributed by atoms with Gasteiger partial charge >= 0.3 is 0 Å². The van der Waals surface area contributed by atoms with E-state index in [1.54, 1.807) is 0 Å². The topological polar surface area (TPSA) is 0 Å². The van der Waals surface area contributed by atoms with Gasteiger partial charge in [-0.1, -0.05) is 30.7 Å². The van der Waals surface area contributed by atoms with Gasteiger partial charge in [-0.3, -0.25) is 0 Å². The van der Waals surface area contributed by atoms with Crippen LogP contribution in [0.25, 0.3) is 0 Å². The molecule has 0 spiro atoms. The van der Waals surface area contributed by atoms with Crippen LogP contribution in [0.5, 0.6) is 0 Å². The van der Waals surface area contributed by atoms with Crippen molar-refractivity contribution >= 4 is 27.5 Å². The molecule has 0 amide bonds. The van der Waals surface area contributed by atoms with Gasteiger partial charge in [0.25, 0.3) is 0 Å². The number of hydrogen-bond acceptors (Lipinski definition) is 0. The Morgan fingerprint density at radius 3 is 2.75 bits per heavy atom. The molecular formula is C10H9BrCl. The van der Waals surface area contributed by atoms with Crippen molar-refractivity contribution in [1.29, 1.82) is 0 Å². The first-order chi connectivity index (χ1) is 5.65. The zero-order chi connectivity index (χ0) is 9.14. The largest absolute Gasteiger partial charge is 0.102 e. The number of benzene rings is 1. The van der Waals surface area contributed by atoms with Crippen LogP contribution in [-0.2, 0) is 0 Å². The molecule has 0 atom stereocenters. The van der Waals surface area contributed by atoms with Gasteiger partial charge in [0, 0.05) is 10.4 Å². The van der Waals surface area contributed by atoms with E-state index in [-0.39, 0.29) is 0 Å². The number of hydrogen-bond donors (Lipinski definition) is 0. The maximum Gasteiger partial charge on any atom is 0.0548 e. The molecule has 0 nitrogen and oxygen atoms in total. The lowest BCUT2D eigenvalue weighted by Gasteiger charge is -2.06. The van der Waals surface area contributed by atoms with Crippen LogP contribution in [0.3, 0.4) is 0 Å². The SMILES string of the molecule is C=C[C](C)c1ccc(Cl)c(Br)c1. The van der Waals surface area contributed by atoms with Crippen molar-refractivity contribution in [3.8, 4) is 0 Å². The van der Waals surface area contributed by atoms with Crippen LogP contribution in [-0.4, -0.2) is 0 Å². The van der Waals surface area contributed by atoms with Crippen molar-refractivity contribution in [3.05, 3.63) is 51.8 Å². The first kappa shape index (κ1) is 9.82. The summed E-state index contributed by atoms with van der Waals surface area (Å²) in [4.78, 5) is 0. The lowest BCUT2D eigenvalue weighted by atomic mass is 10.0. The minimum absolute atomic E-state index is 0.732. The maximum absolute atomic E-state index is 5.85. The summed E-state index contributed by atoms with van der Waals surface area (Å²) in [6.07, 6.45) is 1.83. The minimum Gasteiger partial charge on any atom is -0.102 e. The molecular weight excluding hydrogens is 235 g/mol. The first-order valence-corrected chi connectivity index (χ1v) is 4.73. The molecule has 0 N–H and O–H groups in total. The highest BCUT2D eigenvalue weighted by Gasteiger charge is 2.03. The molecule has 0 unspecified atom stereocenters. The van der Waals surface area contributed by atoms with Crippen molar-refractivity contribution in [3.63, 3.8) is 0 Å². The molecule has 0 aromatic heterocycles. The second-order valence-electron chi connectivity index (χ2n) is 2.52. The Morgan fingerprint density at radius 1 is 1.58 bits per heavy atom. The third-order valence-corrected chi connectivity index (χ3v) is 2.90. The van der Waals surface area contributed by atoms with Gasteiger partial charge in [0.15, 0.2) is 0 Å². The van der Waals surface area contributed by atoms with Crippen molar-refractivity contribution in [2.75, 3.05) is 0 Å². The summed E-state index contributed by atoms with van der Waals surface area (Å²) < 4.78 is 0.919. The molecule has 0 aliphatic heterocycles. The average Bonchev–Trinajstić information content (AvgIpc) is 2.08. The third-order valence-electron chi connectivity index (χ3n) is 1.68. The third kappa shape index (κ3) is 2.11. The van der Waals surface area contributed by atoms with Gasteiger partial charge < -0.3 is 0 Å². The van der Waals surface area contributed by atoms with E-state index >= 15 is 0 Å². The summed E-state index contributed by atoms with van der Waals surface area (Å²) in [7, 11) is 0. The van der Waals surface area contributed by atoms with E-state index < -0.39 is 0 Å². The van der Waals surface area contributed by atoms with Gasteiger partial charge in [0.2, 0.25) is 0 Å². The first-order valence-electron chi connectivity index (χ1n) is 3.56. The minimum atomic E-state index is 0.732. The molecule has 63 valence electrons. The van der Waals surface area contributed by atoms with Crippen LogP contribution in [0.2, 0.25) is 5.02 Å². The van der Waals surface area contributed by atoms with E-state index in [4.69, 9.17) is 11.6 Å². The molecule has 0 bridgehead atoms. The van der Waals surface area contributed by atoms with E-state index in [2.05, 4.69) is 22.5 Å². The number of allylic oxidation sites excluding steroid dienone is 1. The van der Waals surface area contributed by atoms with Crippen molar-refractivity contribution in [1.82, 2.24) is 0 Å². The number of rotatable bonds is 2. The molecule has 0 aliphatic rings. The second kappa shape index (κ2) is 4.11. The summed E-state index contributed by atoms with van der Waals surface area (Å²) in [5, 5.41) is 0.732. The zero-order valence-corrected chi connectivity index (χ0v) is 9.11. The molecule has 1 rings (SSSR count). The summed E-state index contributed by atoms with van der Waals surface area (Å²) >= 11 is 9.21. The Morgan fingerprint density at radius 2 is 2.25 bits per heavy atom. The molecule has 2 heteroatoms. The van der Waals surface area contributed by atoms with Crippen LogP contribution >= 0.6 is 27.5 Å². The normalized spacial score (nSPS) is 10.3. The van der Waals surface area contributed by atoms with Gasteiger partial charge in [-0.15, -0.1) is 6.58 Å². The van der Waals surface area contributed by atoms with E-state index in [1.165, 1.54) is 0 Å². The van der Waals surface area contributed by atoms with Gasteiger partial charge in [0.05, 0.1) is 5.02 Å². The van der Waals surface area contributed by atoms with Crippen LogP contribution in [0.1, 0.15) is 12.5 Å². The lowest BCUT2D eigenvalue weighted by Crippen LogP contribution is -1.88. The zero-order valence-electron chi connectivity index (χ0n) is 6.77. The van der Waals surface area contributed by atoms with Crippen molar-refractivity contribution in [2.24, 2.45) is 0 Å². The van der Waals surface area contributed by atoms with E-state index in [1.807, 2.05) is 31.2 Å². The molecule has 12 heavy (non-hydrogen) atoms. The fourth-order valence-electron chi connectivity index (χ4n) is 0.859. The van der Waals surface area contributed by atoms with Gasteiger partial charge in [-0.05, 0) is 33.6 Å². The highest BCUT2D eigenvalue weighted by atomic mass is 79.9. The summed E-state index contributed by atoms with van der Waals surface area (Å²) in [6.45, 7) is 5.72. The molecule has 0 saturated carbocycles. The Kier molecular flexibility index (Phi) is 3.36. The Bertz CT molecular complexity index is 294. The van der Waals surface area contributed by atoms with Crippen molar-refractivity contribution in [2.45, 2.75) is 6.92 Å². The Hall–Kier alpha value is -0.270. The Labute approximate surface area is 86.4 Å². The maximum atomic E-state index is 5.85. The van der Waals surface area contributed by atoms with Crippen LogP contribution in [0.4, 0.5) is 0 Å². The summed E-state index contributed by atoms with van der Waals surface area (Å²) in [5.41, 5.74) is 1.14. The molecule has 0 saturated heterocycles. The highest BCUT2D eigenvalue weighted by molar-refractivity contribution is 9.10. The van der Waals surface area contributed by atoms with Gasteiger partial charge in [-0.25, -0.2) is 0 Å². The fourth-order valence-corrected chi connectivity index (χ4v) is 1.36. The van der Waals surface area contributed by atoms with Crippen LogP contribution in [0, 0.1) is 5.92 Å².